The highest BCUT2D eigenvalue weighted by Crippen LogP contribution is 2.04. The van der Waals surface area contributed by atoms with Crippen LogP contribution in [0.4, 0.5) is 0 Å². The molecule has 0 aromatic carbocycles. The minimum atomic E-state index is 0. The molecule has 0 aliphatic carbocycles. The summed E-state index contributed by atoms with van der Waals surface area (Å²) in [6.45, 7) is 7.71. The van der Waals surface area contributed by atoms with E-state index in [-0.39, 0.29) is 24.8 Å². The molecule has 0 aromatic rings. The van der Waals surface area contributed by atoms with Crippen LogP contribution in [0.1, 0.15) is 0 Å². The van der Waals surface area contributed by atoms with Crippen LogP contribution >= 0.6 is 0 Å². The quantitative estimate of drug-likeness (QED) is 0.494. The number of piperazine rings is 1. The van der Waals surface area contributed by atoms with E-state index < -0.39 is 0 Å². The molecule has 1 rings (SSSR count). The van der Waals surface area contributed by atoms with Crippen molar-refractivity contribution < 1.29 is 34.2 Å². The van der Waals surface area contributed by atoms with E-state index in [9.17, 15) is 0 Å². The van der Waals surface area contributed by atoms with Crippen LogP contribution in [-0.4, -0.2) is 76.8 Å². The predicted octanol–water partition coefficient (Wildman–Crippen LogP) is -7.47. The average Bonchev–Trinajstić information content (AvgIpc) is 2.02. The molecule has 94 valence electrons. The number of quaternary nitrogens is 2. The number of likely N-dealkylation sites (N-methyl/N-ethyl adjacent to an activating group) is 2. The molecule has 0 bridgehead atoms. The van der Waals surface area contributed by atoms with Crippen LogP contribution in [0.25, 0.3) is 0 Å². The molecule has 1 heterocycles. The summed E-state index contributed by atoms with van der Waals surface area (Å²) in [6, 6.07) is 0. The van der Waals surface area contributed by atoms with Gasteiger partial charge in [0, 0.05) is 19.6 Å². The maximum atomic E-state index is 2.59. The zero-order chi connectivity index (χ0) is 9.90. The van der Waals surface area contributed by atoms with Crippen LogP contribution < -0.4 is 29.7 Å². The lowest BCUT2D eigenvalue weighted by Gasteiger charge is -2.39. The molecule has 0 spiro atoms. The lowest BCUT2D eigenvalue weighted by molar-refractivity contribution is -0.895. The van der Waals surface area contributed by atoms with Crippen LogP contribution in [0.3, 0.4) is 0 Å². The maximum Gasteiger partial charge on any atom is 0.0912 e. The fourth-order valence-electron chi connectivity index (χ4n) is 1.65. The number of hydrogen-bond donors (Lipinski definition) is 1. The van der Waals surface area contributed by atoms with Gasteiger partial charge in [-0.05, 0) is 0 Å². The van der Waals surface area contributed by atoms with Gasteiger partial charge in [0.2, 0.25) is 0 Å². The molecule has 0 atom stereocenters. The van der Waals surface area contributed by atoms with E-state index in [0.29, 0.717) is 0 Å². The summed E-state index contributed by atoms with van der Waals surface area (Å²) in [4.78, 5) is 4.15. The first-order valence-corrected chi connectivity index (χ1v) is 5.33. The van der Waals surface area contributed by atoms with E-state index in [1.165, 1.54) is 43.8 Å². The van der Waals surface area contributed by atoms with Crippen molar-refractivity contribution in [3.05, 3.63) is 0 Å². The molecule has 0 amide bonds. The van der Waals surface area contributed by atoms with Crippen molar-refractivity contribution in [3.63, 3.8) is 0 Å². The first-order chi connectivity index (χ1) is 5.99. The van der Waals surface area contributed by atoms with Gasteiger partial charge in [0.25, 0.3) is 0 Å². The molecule has 1 fully saturated rings. The summed E-state index contributed by atoms with van der Waals surface area (Å²) in [6.07, 6.45) is 0. The molecule has 0 aromatic heterocycles. The minimum absolute atomic E-state index is 0. The van der Waals surface area contributed by atoms with Crippen LogP contribution in [0.2, 0.25) is 0 Å². The Hall–Kier alpha value is 0.460. The van der Waals surface area contributed by atoms with Crippen molar-refractivity contribution in [1.82, 2.24) is 4.90 Å². The topological polar surface area (TPSA) is 7.68 Å². The summed E-state index contributed by atoms with van der Waals surface area (Å²) in [5.41, 5.74) is 0. The highest BCUT2D eigenvalue weighted by Gasteiger charge is 2.23. The van der Waals surface area contributed by atoms with Gasteiger partial charge in [-0.2, -0.15) is 0 Å². The van der Waals surface area contributed by atoms with Gasteiger partial charge < -0.3 is 34.2 Å². The molecule has 1 aliphatic heterocycles. The molecule has 0 saturated carbocycles. The van der Waals surface area contributed by atoms with Crippen molar-refractivity contribution in [2.45, 2.75) is 0 Å². The third-order valence-corrected chi connectivity index (χ3v) is 2.97. The second-order valence-corrected chi connectivity index (χ2v) is 5.18. The van der Waals surface area contributed by atoms with E-state index in [4.69, 9.17) is 0 Å². The molecule has 15 heavy (non-hydrogen) atoms. The summed E-state index contributed by atoms with van der Waals surface area (Å²) in [7, 11) is 9.11. The Balaban J connectivity index is 0. The third kappa shape index (κ3) is 7.36. The van der Waals surface area contributed by atoms with Crippen molar-refractivity contribution in [3.8, 4) is 0 Å². The van der Waals surface area contributed by atoms with Gasteiger partial charge in [0.15, 0.2) is 0 Å². The lowest BCUT2D eigenvalue weighted by atomic mass is 10.3. The lowest BCUT2D eigenvalue weighted by Crippen LogP contribution is -3.06. The second-order valence-electron chi connectivity index (χ2n) is 5.18. The summed E-state index contributed by atoms with van der Waals surface area (Å²) in [5.74, 6) is 0. The summed E-state index contributed by atoms with van der Waals surface area (Å²) < 4.78 is 1.20. The normalized spacial score (nSPS) is 20.6. The van der Waals surface area contributed by atoms with E-state index in [0.717, 1.165) is 0 Å². The van der Waals surface area contributed by atoms with Crippen LogP contribution in [0.15, 0.2) is 0 Å². The molecular weight excluding hydrogens is 233 g/mol. The Bertz CT molecular complexity index is 150. The maximum absolute atomic E-state index is 2.59. The van der Waals surface area contributed by atoms with Gasteiger partial charge in [-0.25, -0.2) is 0 Å². The van der Waals surface area contributed by atoms with Crippen molar-refractivity contribution >= 4 is 0 Å². The van der Waals surface area contributed by atoms with Gasteiger partial charge in [-0.1, -0.05) is 0 Å². The highest BCUT2D eigenvalue weighted by atomic mass is 35.5. The first-order valence-electron chi connectivity index (χ1n) is 5.33. The van der Waals surface area contributed by atoms with Crippen LogP contribution in [0, 0.1) is 0 Å². The first kappa shape index (κ1) is 17.8. The average molecular weight is 258 g/mol. The molecule has 0 unspecified atom stereocenters. The standard InChI is InChI=1S/C10H24N3.2ClH/c1-11(2)5-6-12-7-9-13(3,4)10-8-12;;/h5-10H2,1-4H3;2*1H/q+1;;/p-1. The van der Waals surface area contributed by atoms with E-state index in [1.807, 2.05) is 0 Å². The highest BCUT2D eigenvalue weighted by molar-refractivity contribution is 4.61. The smallest absolute Gasteiger partial charge is 0.0912 e. The van der Waals surface area contributed by atoms with Crippen molar-refractivity contribution in [1.29, 1.82) is 0 Å². The zero-order valence-electron chi connectivity index (χ0n) is 10.4. The van der Waals surface area contributed by atoms with Crippen LogP contribution in [0.5, 0.6) is 0 Å². The van der Waals surface area contributed by atoms with Crippen molar-refractivity contribution in [2.75, 3.05) is 67.5 Å². The predicted molar refractivity (Wildman–Crippen MR) is 56.0 cm³/mol. The molecule has 1 N–H and O–H groups in total. The summed E-state index contributed by atoms with van der Waals surface area (Å²) in [5, 5.41) is 0. The Morgan fingerprint density at radius 1 is 1.07 bits per heavy atom. The summed E-state index contributed by atoms with van der Waals surface area (Å²) >= 11 is 0. The zero-order valence-corrected chi connectivity index (χ0v) is 11.9. The Labute approximate surface area is 107 Å². The molecule has 0 radical (unpaired) electrons. The Kier molecular flexibility index (Phi) is 9.14. The van der Waals surface area contributed by atoms with Gasteiger partial charge in [-0.15, -0.1) is 0 Å². The van der Waals surface area contributed by atoms with E-state index in [1.54, 1.807) is 4.90 Å². The monoisotopic (exact) mass is 257 g/mol. The van der Waals surface area contributed by atoms with Gasteiger partial charge >= 0.3 is 0 Å². The molecular formula is C10H25Cl2N3. The number of nitrogens with one attached hydrogen (secondary N) is 1. The van der Waals surface area contributed by atoms with E-state index >= 15 is 0 Å². The Morgan fingerprint density at radius 3 is 1.93 bits per heavy atom. The largest absolute Gasteiger partial charge is 1.00 e. The fourth-order valence-corrected chi connectivity index (χ4v) is 1.65. The fraction of sp³-hybridized carbons (Fsp3) is 1.00. The van der Waals surface area contributed by atoms with Crippen molar-refractivity contribution in [2.24, 2.45) is 0 Å². The molecule has 1 saturated heterocycles. The molecule has 3 nitrogen and oxygen atoms in total. The molecule has 5 heteroatoms. The SMILES string of the molecule is C[NH+](C)CCN1CC[N+](C)(C)CC1.[Cl-].[Cl-]. The minimum Gasteiger partial charge on any atom is -1.00 e. The van der Waals surface area contributed by atoms with Crippen LogP contribution in [-0.2, 0) is 0 Å². The van der Waals surface area contributed by atoms with Gasteiger partial charge in [0.05, 0.1) is 47.8 Å². The van der Waals surface area contributed by atoms with Gasteiger partial charge in [0.1, 0.15) is 0 Å². The number of rotatable bonds is 3. The van der Waals surface area contributed by atoms with E-state index in [2.05, 4.69) is 33.1 Å². The number of halogens is 2. The second kappa shape index (κ2) is 7.69. The van der Waals surface area contributed by atoms with Gasteiger partial charge in [-0.3, -0.25) is 4.90 Å². The number of nitrogens with zero attached hydrogens (tertiary/aromatic N) is 2. The Morgan fingerprint density at radius 2 is 1.53 bits per heavy atom. The third-order valence-electron chi connectivity index (χ3n) is 2.97. The molecule has 1 aliphatic rings. The number of hydrogen-bond acceptors (Lipinski definition) is 1.